The third-order valence-electron chi connectivity index (χ3n) is 8.00. The first-order valence-electron chi connectivity index (χ1n) is 12.3. The van der Waals surface area contributed by atoms with Gasteiger partial charge in [0, 0.05) is 37.3 Å². The molecule has 0 aromatic carbocycles. The van der Waals surface area contributed by atoms with E-state index in [1.165, 1.54) is 11.8 Å². The second-order valence-electron chi connectivity index (χ2n) is 10.1. The highest BCUT2D eigenvalue weighted by atomic mass is 32.2. The van der Waals surface area contributed by atoms with E-state index in [0.29, 0.717) is 42.6 Å². The number of hydrogen-bond donors (Lipinski definition) is 3. The number of nitrogens with two attached hydrogens (primary N) is 1. The number of aliphatic hydroxyl groups excluding tert-OH is 2. The molecule has 4 N–H and O–H groups in total. The molecule has 188 valence electrons. The van der Waals surface area contributed by atoms with Gasteiger partial charge < -0.3 is 35.2 Å². The first-order chi connectivity index (χ1) is 17.0. The standard InChI is InChI=1S/C24H32N6O4S/c1-14-21(25)24(13-34-14)3-6-29(7-4-24)22-17(11-31)28-19(9-27-22)35-18-2-5-26-23-20(18)33-12-15-8-16(32)10-30(15)23/h2,5,9,14-16,21,31-32H,3-4,6-8,10-13,25H2,1H3/t14-,15?,16?,21+/m0/s1. The fourth-order valence-electron chi connectivity index (χ4n) is 5.90. The Balaban J connectivity index is 1.19. The van der Waals surface area contributed by atoms with Crippen molar-refractivity contribution in [2.75, 3.05) is 42.6 Å². The third kappa shape index (κ3) is 4.03. The highest BCUT2D eigenvalue weighted by Gasteiger charge is 2.47. The molecule has 0 aliphatic carbocycles. The molecule has 0 saturated carbocycles. The Labute approximate surface area is 208 Å². The summed E-state index contributed by atoms with van der Waals surface area (Å²) in [6, 6.07) is 2.12. The zero-order chi connectivity index (χ0) is 24.2. The molecule has 0 radical (unpaired) electrons. The summed E-state index contributed by atoms with van der Waals surface area (Å²) in [7, 11) is 0. The molecule has 3 fully saturated rings. The normalized spacial score (nSPS) is 29.3. The molecule has 0 amide bonds. The van der Waals surface area contributed by atoms with Crippen molar-refractivity contribution in [2.24, 2.45) is 11.1 Å². The lowest BCUT2D eigenvalue weighted by Gasteiger charge is -2.41. The van der Waals surface area contributed by atoms with Crippen molar-refractivity contribution >= 4 is 23.4 Å². The van der Waals surface area contributed by atoms with Crippen LogP contribution in [0, 0.1) is 5.41 Å². The quantitative estimate of drug-likeness (QED) is 0.559. The van der Waals surface area contributed by atoms with Gasteiger partial charge in [-0.3, -0.25) is 0 Å². The van der Waals surface area contributed by atoms with Gasteiger partial charge in [0.05, 0.1) is 42.6 Å². The Morgan fingerprint density at radius 2 is 2.09 bits per heavy atom. The van der Waals surface area contributed by atoms with Crippen LogP contribution in [0.3, 0.4) is 0 Å². The molecule has 2 aromatic rings. The summed E-state index contributed by atoms with van der Waals surface area (Å²) in [5, 5.41) is 20.9. The van der Waals surface area contributed by atoms with Crippen molar-refractivity contribution in [3.05, 3.63) is 24.2 Å². The topological polar surface area (TPSA) is 130 Å². The molecule has 10 nitrogen and oxygen atoms in total. The predicted molar refractivity (Wildman–Crippen MR) is 131 cm³/mol. The van der Waals surface area contributed by atoms with Crippen LogP contribution >= 0.6 is 11.8 Å². The van der Waals surface area contributed by atoms with Crippen LogP contribution in [0.1, 0.15) is 31.9 Å². The maximum Gasteiger partial charge on any atom is 0.175 e. The van der Waals surface area contributed by atoms with Gasteiger partial charge in [-0.2, -0.15) is 0 Å². The van der Waals surface area contributed by atoms with E-state index in [0.717, 1.165) is 42.5 Å². The summed E-state index contributed by atoms with van der Waals surface area (Å²) < 4.78 is 11.9. The van der Waals surface area contributed by atoms with Crippen molar-refractivity contribution < 1.29 is 19.7 Å². The van der Waals surface area contributed by atoms with E-state index in [4.69, 9.17) is 25.2 Å². The molecule has 0 bridgehead atoms. The summed E-state index contributed by atoms with van der Waals surface area (Å²) >= 11 is 1.45. The van der Waals surface area contributed by atoms with Crippen LogP contribution in [-0.4, -0.2) is 82.3 Å². The summed E-state index contributed by atoms with van der Waals surface area (Å²) in [5.74, 6) is 2.21. The van der Waals surface area contributed by atoms with Crippen LogP contribution in [0.5, 0.6) is 5.75 Å². The molecule has 3 saturated heterocycles. The number of fused-ring (bicyclic) bond motifs is 3. The first kappa shape index (κ1) is 23.2. The van der Waals surface area contributed by atoms with E-state index in [2.05, 4.69) is 21.7 Å². The molecular weight excluding hydrogens is 468 g/mol. The minimum atomic E-state index is -0.358. The fraction of sp³-hybridized carbons (Fsp3) is 0.625. The van der Waals surface area contributed by atoms with Gasteiger partial charge in [-0.1, -0.05) is 11.8 Å². The maximum atomic E-state index is 10.1. The van der Waals surface area contributed by atoms with E-state index < -0.39 is 0 Å². The minimum Gasteiger partial charge on any atom is -0.486 e. The second-order valence-corrected chi connectivity index (χ2v) is 11.2. The number of pyridine rings is 1. The van der Waals surface area contributed by atoms with Crippen molar-refractivity contribution in [1.29, 1.82) is 0 Å². The van der Waals surface area contributed by atoms with Gasteiger partial charge in [-0.25, -0.2) is 15.0 Å². The molecule has 4 atom stereocenters. The predicted octanol–water partition coefficient (Wildman–Crippen LogP) is 1.18. The van der Waals surface area contributed by atoms with Crippen LogP contribution in [0.2, 0.25) is 0 Å². The average molecular weight is 501 g/mol. The fourth-order valence-corrected chi connectivity index (χ4v) is 6.76. The van der Waals surface area contributed by atoms with Crippen LogP contribution in [-0.2, 0) is 11.3 Å². The second kappa shape index (κ2) is 9.04. The van der Waals surface area contributed by atoms with Gasteiger partial charge >= 0.3 is 0 Å². The molecule has 2 aromatic heterocycles. The zero-order valence-corrected chi connectivity index (χ0v) is 20.7. The first-order valence-corrected chi connectivity index (χ1v) is 13.1. The molecule has 35 heavy (non-hydrogen) atoms. The van der Waals surface area contributed by atoms with E-state index in [9.17, 15) is 10.2 Å². The van der Waals surface area contributed by atoms with Crippen LogP contribution in [0.4, 0.5) is 11.6 Å². The number of hydrogen-bond acceptors (Lipinski definition) is 11. The SMILES string of the molecule is C[C@@H]1OCC2(CCN(c3ncc(Sc4ccnc5c4OCC4CC(O)CN54)nc3CO)CC2)[C@@H]1N. The average Bonchev–Trinajstić information content (AvgIpc) is 3.39. The van der Waals surface area contributed by atoms with Crippen molar-refractivity contribution in [1.82, 2.24) is 15.0 Å². The molecule has 4 aliphatic rings. The lowest BCUT2D eigenvalue weighted by atomic mass is 9.73. The lowest BCUT2D eigenvalue weighted by Crippen LogP contribution is -2.51. The summed E-state index contributed by atoms with van der Waals surface area (Å²) in [4.78, 5) is 19.2. The number of anilines is 2. The van der Waals surface area contributed by atoms with E-state index in [1.807, 2.05) is 6.07 Å². The molecular formula is C24H32N6O4S. The Morgan fingerprint density at radius 3 is 2.83 bits per heavy atom. The lowest BCUT2D eigenvalue weighted by molar-refractivity contribution is 0.0973. The number of piperidine rings is 1. The van der Waals surface area contributed by atoms with Gasteiger partial charge in [-0.15, -0.1) is 0 Å². The van der Waals surface area contributed by atoms with Gasteiger partial charge in [-0.05, 0) is 32.3 Å². The molecule has 1 spiro atoms. The molecule has 6 heterocycles. The van der Waals surface area contributed by atoms with E-state index >= 15 is 0 Å². The molecule has 2 unspecified atom stereocenters. The monoisotopic (exact) mass is 500 g/mol. The molecule has 6 rings (SSSR count). The number of ether oxygens (including phenoxy) is 2. The van der Waals surface area contributed by atoms with E-state index in [-0.39, 0.29) is 36.3 Å². The van der Waals surface area contributed by atoms with Crippen LogP contribution in [0.25, 0.3) is 0 Å². The number of nitrogens with zero attached hydrogens (tertiary/aromatic N) is 5. The van der Waals surface area contributed by atoms with Crippen LogP contribution < -0.4 is 20.3 Å². The molecule has 4 aliphatic heterocycles. The van der Waals surface area contributed by atoms with Gasteiger partial charge in [0.15, 0.2) is 17.4 Å². The highest BCUT2D eigenvalue weighted by molar-refractivity contribution is 7.99. The minimum absolute atomic E-state index is 0.0311. The number of aliphatic hydroxyl groups is 2. The number of aromatic nitrogens is 3. The van der Waals surface area contributed by atoms with Crippen molar-refractivity contribution in [3.63, 3.8) is 0 Å². The zero-order valence-electron chi connectivity index (χ0n) is 19.8. The van der Waals surface area contributed by atoms with Gasteiger partial charge in [0.2, 0.25) is 0 Å². The van der Waals surface area contributed by atoms with Crippen molar-refractivity contribution in [2.45, 2.75) is 67.0 Å². The Kier molecular flexibility index (Phi) is 6.00. The largest absolute Gasteiger partial charge is 0.486 e. The number of rotatable bonds is 4. The van der Waals surface area contributed by atoms with Gasteiger partial charge in [0.1, 0.15) is 17.3 Å². The van der Waals surface area contributed by atoms with Crippen LogP contribution in [0.15, 0.2) is 28.4 Å². The van der Waals surface area contributed by atoms with Gasteiger partial charge in [0.25, 0.3) is 0 Å². The smallest absolute Gasteiger partial charge is 0.175 e. The molecule has 11 heteroatoms. The summed E-state index contributed by atoms with van der Waals surface area (Å²) in [5.41, 5.74) is 7.06. The maximum absolute atomic E-state index is 10.1. The van der Waals surface area contributed by atoms with Crippen molar-refractivity contribution in [3.8, 4) is 5.75 Å². The highest BCUT2D eigenvalue weighted by Crippen LogP contribution is 2.45. The van der Waals surface area contributed by atoms with E-state index in [1.54, 1.807) is 12.4 Å². The summed E-state index contributed by atoms with van der Waals surface area (Å²) in [6.07, 6.45) is 5.82. The Morgan fingerprint density at radius 1 is 1.26 bits per heavy atom. The Bertz CT molecular complexity index is 1100. The third-order valence-corrected chi connectivity index (χ3v) is 8.95. The Hall–Kier alpha value is -2.18. The summed E-state index contributed by atoms with van der Waals surface area (Å²) in [6.45, 7) is 5.30.